The quantitative estimate of drug-likeness (QED) is 0.787. The topological polar surface area (TPSA) is 74.6 Å². The minimum absolute atomic E-state index is 0.183. The Bertz CT molecular complexity index is 664. The highest BCUT2D eigenvalue weighted by molar-refractivity contribution is 9.10. The van der Waals surface area contributed by atoms with Crippen molar-refractivity contribution in [3.05, 3.63) is 67.6 Å². The minimum atomic E-state index is -1.01. The number of hydrogen-bond donors (Lipinski definition) is 2. The molecular formula is C15H10Br2O4. The third kappa shape index (κ3) is 3.71. The molecule has 4 nitrogen and oxygen atoms in total. The summed E-state index contributed by atoms with van der Waals surface area (Å²) < 4.78 is 1.03. The molecule has 0 aliphatic carbocycles. The highest BCUT2D eigenvalue weighted by Crippen LogP contribution is 2.23. The SMILES string of the molecule is O=C(O)c1cc(Cc2ccc(Br)c(C(=O)O)c2)ccc1Br. The molecule has 0 bridgehead atoms. The van der Waals surface area contributed by atoms with Gasteiger partial charge >= 0.3 is 11.9 Å². The lowest BCUT2D eigenvalue weighted by atomic mass is 10.0. The molecule has 0 aliphatic rings. The Hall–Kier alpha value is -1.66. The molecule has 0 fully saturated rings. The van der Waals surface area contributed by atoms with E-state index in [-0.39, 0.29) is 11.1 Å². The van der Waals surface area contributed by atoms with Crippen molar-refractivity contribution in [1.82, 2.24) is 0 Å². The molecule has 0 saturated heterocycles. The zero-order valence-electron chi connectivity index (χ0n) is 10.6. The number of hydrogen-bond acceptors (Lipinski definition) is 2. The molecule has 0 amide bonds. The van der Waals surface area contributed by atoms with E-state index in [9.17, 15) is 9.59 Å². The van der Waals surface area contributed by atoms with Crippen LogP contribution in [0, 0.1) is 0 Å². The first-order chi connectivity index (χ1) is 9.88. The molecule has 0 aromatic heterocycles. The first-order valence-electron chi connectivity index (χ1n) is 5.92. The molecule has 0 spiro atoms. The summed E-state index contributed by atoms with van der Waals surface area (Å²) in [5.41, 5.74) is 1.97. The summed E-state index contributed by atoms with van der Waals surface area (Å²) in [7, 11) is 0. The van der Waals surface area contributed by atoms with E-state index in [0.717, 1.165) is 11.1 Å². The van der Waals surface area contributed by atoms with E-state index >= 15 is 0 Å². The van der Waals surface area contributed by atoms with Gasteiger partial charge in [-0.25, -0.2) is 9.59 Å². The van der Waals surface area contributed by atoms with Crippen molar-refractivity contribution in [1.29, 1.82) is 0 Å². The maximum atomic E-state index is 11.1. The smallest absolute Gasteiger partial charge is 0.336 e. The molecule has 2 rings (SSSR count). The van der Waals surface area contributed by atoms with Gasteiger partial charge in [0.05, 0.1) is 11.1 Å². The van der Waals surface area contributed by atoms with Gasteiger partial charge in [0.2, 0.25) is 0 Å². The zero-order valence-corrected chi connectivity index (χ0v) is 13.8. The van der Waals surface area contributed by atoms with E-state index in [2.05, 4.69) is 31.9 Å². The Kier molecular flexibility index (Phi) is 4.80. The maximum Gasteiger partial charge on any atom is 0.336 e. The van der Waals surface area contributed by atoms with Gasteiger partial charge in [-0.3, -0.25) is 0 Å². The van der Waals surface area contributed by atoms with E-state index in [1.807, 2.05) is 0 Å². The predicted octanol–water partition coefficient (Wildman–Crippen LogP) is 4.20. The summed E-state index contributed by atoms with van der Waals surface area (Å²) in [4.78, 5) is 22.2. The van der Waals surface area contributed by atoms with Gasteiger partial charge in [0.25, 0.3) is 0 Å². The van der Waals surface area contributed by atoms with Crippen molar-refractivity contribution in [3.63, 3.8) is 0 Å². The Labute approximate surface area is 137 Å². The van der Waals surface area contributed by atoms with Crippen LogP contribution in [0.5, 0.6) is 0 Å². The number of halogens is 2. The van der Waals surface area contributed by atoms with Gasteiger partial charge in [0.1, 0.15) is 0 Å². The fraction of sp³-hybridized carbons (Fsp3) is 0.0667. The summed E-state index contributed by atoms with van der Waals surface area (Å²) in [5, 5.41) is 18.2. The highest BCUT2D eigenvalue weighted by atomic mass is 79.9. The van der Waals surface area contributed by atoms with E-state index < -0.39 is 11.9 Å². The molecule has 6 heteroatoms. The first-order valence-corrected chi connectivity index (χ1v) is 7.50. The van der Waals surface area contributed by atoms with E-state index in [1.165, 1.54) is 0 Å². The van der Waals surface area contributed by atoms with Gasteiger partial charge in [-0.1, -0.05) is 12.1 Å². The van der Waals surface area contributed by atoms with E-state index in [1.54, 1.807) is 36.4 Å². The number of carbonyl (C=O) groups is 2. The molecular weight excluding hydrogens is 404 g/mol. The van der Waals surface area contributed by atoms with Gasteiger partial charge in [-0.05, 0) is 73.7 Å². The Morgan fingerprint density at radius 2 is 1.19 bits per heavy atom. The van der Waals surface area contributed by atoms with E-state index in [4.69, 9.17) is 10.2 Å². The summed E-state index contributed by atoms with van der Waals surface area (Å²) >= 11 is 6.38. The lowest BCUT2D eigenvalue weighted by molar-refractivity contribution is 0.0685. The van der Waals surface area contributed by atoms with Crippen molar-refractivity contribution >= 4 is 43.8 Å². The van der Waals surface area contributed by atoms with Crippen LogP contribution in [0.1, 0.15) is 31.8 Å². The average Bonchev–Trinajstić information content (AvgIpc) is 2.42. The minimum Gasteiger partial charge on any atom is -0.478 e. The average molecular weight is 414 g/mol. The third-order valence-electron chi connectivity index (χ3n) is 2.93. The first kappa shape index (κ1) is 15.7. The summed E-state index contributed by atoms with van der Waals surface area (Å²) in [6.07, 6.45) is 0.459. The van der Waals surface area contributed by atoms with Gasteiger partial charge in [-0.15, -0.1) is 0 Å². The van der Waals surface area contributed by atoms with Gasteiger partial charge in [0.15, 0.2) is 0 Å². The van der Waals surface area contributed by atoms with Crippen LogP contribution in [0.4, 0.5) is 0 Å². The normalized spacial score (nSPS) is 10.4. The molecule has 0 unspecified atom stereocenters. The van der Waals surface area contributed by atoms with Gasteiger partial charge in [-0.2, -0.15) is 0 Å². The van der Waals surface area contributed by atoms with Crippen molar-refractivity contribution < 1.29 is 19.8 Å². The second kappa shape index (κ2) is 6.41. The summed E-state index contributed by atoms with van der Waals surface area (Å²) in [6.45, 7) is 0. The van der Waals surface area contributed by atoms with Crippen LogP contribution >= 0.6 is 31.9 Å². The van der Waals surface area contributed by atoms with E-state index in [0.29, 0.717) is 15.4 Å². The number of rotatable bonds is 4. The Balaban J connectivity index is 2.34. The predicted molar refractivity (Wildman–Crippen MR) is 85.0 cm³/mol. The molecule has 0 aliphatic heterocycles. The molecule has 108 valence electrons. The van der Waals surface area contributed by atoms with Crippen LogP contribution in [0.25, 0.3) is 0 Å². The molecule has 0 saturated carbocycles. The molecule has 0 radical (unpaired) electrons. The van der Waals surface area contributed by atoms with Gasteiger partial charge in [0, 0.05) is 8.95 Å². The second-order valence-electron chi connectivity index (χ2n) is 4.42. The fourth-order valence-electron chi connectivity index (χ4n) is 1.93. The van der Waals surface area contributed by atoms with Crippen molar-refractivity contribution in [3.8, 4) is 0 Å². The molecule has 2 N–H and O–H groups in total. The standard InChI is InChI=1S/C15H10Br2O4/c16-12-3-1-8(6-10(12)14(18)19)5-9-2-4-13(17)11(7-9)15(20)21/h1-4,6-7H,5H2,(H,18,19)(H,20,21). The van der Waals surface area contributed by atoms with Crippen LogP contribution in [-0.2, 0) is 6.42 Å². The maximum absolute atomic E-state index is 11.1. The summed E-state index contributed by atoms with van der Waals surface area (Å²) in [6, 6.07) is 10.1. The van der Waals surface area contributed by atoms with Crippen LogP contribution in [0.2, 0.25) is 0 Å². The zero-order chi connectivity index (χ0) is 15.6. The van der Waals surface area contributed by atoms with Crippen LogP contribution in [0.15, 0.2) is 45.3 Å². The third-order valence-corrected chi connectivity index (χ3v) is 4.31. The second-order valence-corrected chi connectivity index (χ2v) is 6.12. The fourth-order valence-corrected chi connectivity index (χ4v) is 2.76. The number of benzene rings is 2. The van der Waals surface area contributed by atoms with Crippen LogP contribution < -0.4 is 0 Å². The van der Waals surface area contributed by atoms with Crippen molar-refractivity contribution in [2.45, 2.75) is 6.42 Å². The van der Waals surface area contributed by atoms with Crippen molar-refractivity contribution in [2.24, 2.45) is 0 Å². The van der Waals surface area contributed by atoms with Gasteiger partial charge < -0.3 is 10.2 Å². The number of aromatic carboxylic acids is 2. The Morgan fingerprint density at radius 3 is 1.52 bits per heavy atom. The molecule has 2 aromatic rings. The number of carboxylic acid groups (broad SMARTS) is 2. The monoisotopic (exact) mass is 412 g/mol. The molecule has 21 heavy (non-hydrogen) atoms. The number of carboxylic acids is 2. The summed E-state index contributed by atoms with van der Waals surface area (Å²) in [5.74, 6) is -2.02. The van der Waals surface area contributed by atoms with Crippen molar-refractivity contribution in [2.75, 3.05) is 0 Å². The van der Waals surface area contributed by atoms with Crippen LogP contribution in [0.3, 0.4) is 0 Å². The largest absolute Gasteiger partial charge is 0.478 e. The molecule has 0 atom stereocenters. The highest BCUT2D eigenvalue weighted by Gasteiger charge is 2.12. The lowest BCUT2D eigenvalue weighted by Crippen LogP contribution is -2.01. The molecule has 0 heterocycles. The Morgan fingerprint density at radius 1 is 0.810 bits per heavy atom. The van der Waals surface area contributed by atoms with Crippen LogP contribution in [-0.4, -0.2) is 22.2 Å². The molecule has 2 aromatic carbocycles. The lowest BCUT2D eigenvalue weighted by Gasteiger charge is -2.07.